The zero-order chi connectivity index (χ0) is 24.2. The SMILES string of the molecule is COc1cccc(/C(O)=C2/C(=O)C(=O)N(Cc3cccnc3)C2c2ccc(OC)c(OC)c2)c1. The number of methoxy groups -OCH3 is 3. The Bertz CT molecular complexity index is 1260. The molecule has 0 spiro atoms. The molecular formula is C26H24N2O6. The van der Waals surface area contributed by atoms with E-state index in [9.17, 15) is 14.7 Å². The Morgan fingerprint density at radius 1 is 0.971 bits per heavy atom. The van der Waals surface area contributed by atoms with E-state index >= 15 is 0 Å². The molecule has 34 heavy (non-hydrogen) atoms. The van der Waals surface area contributed by atoms with E-state index in [1.165, 1.54) is 26.2 Å². The summed E-state index contributed by atoms with van der Waals surface area (Å²) in [4.78, 5) is 31.9. The summed E-state index contributed by atoms with van der Waals surface area (Å²) in [6, 6.07) is 14.5. The molecule has 8 nitrogen and oxygen atoms in total. The number of Topliss-reactive ketones (excluding diaryl/α,β-unsaturated/α-hetero) is 1. The average molecular weight is 460 g/mol. The molecule has 0 radical (unpaired) electrons. The number of aliphatic hydroxyl groups is 1. The lowest BCUT2D eigenvalue weighted by Crippen LogP contribution is -2.29. The molecule has 1 fully saturated rings. The average Bonchev–Trinajstić information content (AvgIpc) is 3.13. The summed E-state index contributed by atoms with van der Waals surface area (Å²) in [6.07, 6.45) is 3.26. The number of likely N-dealkylation sites (tertiary alicyclic amines) is 1. The van der Waals surface area contributed by atoms with Crippen LogP contribution >= 0.6 is 0 Å². The molecule has 1 aromatic heterocycles. The van der Waals surface area contributed by atoms with E-state index in [0.717, 1.165) is 5.56 Å². The molecule has 1 aliphatic rings. The molecule has 0 bridgehead atoms. The molecule has 0 aliphatic carbocycles. The van der Waals surface area contributed by atoms with Crippen LogP contribution in [0, 0.1) is 0 Å². The number of ether oxygens (including phenoxy) is 3. The number of nitrogens with zero attached hydrogens (tertiary/aromatic N) is 2. The van der Waals surface area contributed by atoms with Gasteiger partial charge in [-0.2, -0.15) is 0 Å². The van der Waals surface area contributed by atoms with Crippen LogP contribution in [0.5, 0.6) is 17.2 Å². The Kier molecular flexibility index (Phi) is 6.49. The third-order valence-corrected chi connectivity index (χ3v) is 5.68. The molecule has 2 heterocycles. The molecular weight excluding hydrogens is 436 g/mol. The largest absolute Gasteiger partial charge is 0.507 e. The summed E-state index contributed by atoms with van der Waals surface area (Å²) in [6.45, 7) is 0.131. The van der Waals surface area contributed by atoms with Gasteiger partial charge in [0.1, 0.15) is 11.5 Å². The molecule has 4 rings (SSSR count). The monoisotopic (exact) mass is 460 g/mol. The lowest BCUT2D eigenvalue weighted by atomic mass is 9.94. The zero-order valence-corrected chi connectivity index (χ0v) is 19.0. The van der Waals surface area contributed by atoms with Gasteiger partial charge in [0.25, 0.3) is 11.7 Å². The number of aromatic nitrogens is 1. The lowest BCUT2D eigenvalue weighted by Gasteiger charge is -2.26. The Hall–Kier alpha value is -4.33. The number of pyridine rings is 1. The second-order valence-electron chi connectivity index (χ2n) is 7.63. The molecule has 1 N–H and O–H groups in total. The van der Waals surface area contributed by atoms with Crippen LogP contribution in [0.15, 0.2) is 72.6 Å². The van der Waals surface area contributed by atoms with Gasteiger partial charge in [0.2, 0.25) is 0 Å². The van der Waals surface area contributed by atoms with Gasteiger partial charge in [-0.1, -0.05) is 24.3 Å². The minimum absolute atomic E-state index is 0.0191. The van der Waals surface area contributed by atoms with E-state index < -0.39 is 17.7 Å². The normalized spacial score (nSPS) is 17.0. The van der Waals surface area contributed by atoms with E-state index in [0.29, 0.717) is 28.4 Å². The molecule has 2 aromatic carbocycles. The Morgan fingerprint density at radius 3 is 2.44 bits per heavy atom. The highest BCUT2D eigenvalue weighted by Gasteiger charge is 2.46. The lowest BCUT2D eigenvalue weighted by molar-refractivity contribution is -0.140. The molecule has 1 saturated heterocycles. The molecule has 1 amide bonds. The fourth-order valence-electron chi connectivity index (χ4n) is 4.03. The number of carbonyl (C=O) groups is 2. The first-order valence-electron chi connectivity index (χ1n) is 10.5. The number of amides is 1. The van der Waals surface area contributed by atoms with Gasteiger partial charge in [-0.3, -0.25) is 14.6 Å². The van der Waals surface area contributed by atoms with Gasteiger partial charge in [0.15, 0.2) is 11.5 Å². The summed E-state index contributed by atoms with van der Waals surface area (Å²) in [7, 11) is 4.54. The molecule has 1 atom stereocenters. The van der Waals surface area contributed by atoms with Crippen LogP contribution < -0.4 is 14.2 Å². The number of hydrogen-bond donors (Lipinski definition) is 1. The van der Waals surface area contributed by atoms with Crippen LogP contribution in [0.2, 0.25) is 0 Å². The van der Waals surface area contributed by atoms with Crippen LogP contribution in [0.1, 0.15) is 22.7 Å². The molecule has 3 aromatic rings. The van der Waals surface area contributed by atoms with E-state index in [1.807, 2.05) is 6.07 Å². The molecule has 1 unspecified atom stereocenters. The van der Waals surface area contributed by atoms with E-state index in [4.69, 9.17) is 14.2 Å². The summed E-state index contributed by atoms with van der Waals surface area (Å²) in [5.74, 6) is -0.323. The second kappa shape index (κ2) is 9.66. The maximum Gasteiger partial charge on any atom is 0.295 e. The second-order valence-corrected chi connectivity index (χ2v) is 7.63. The van der Waals surface area contributed by atoms with Gasteiger partial charge in [0.05, 0.1) is 32.9 Å². The number of ketones is 1. The topological polar surface area (TPSA) is 98.2 Å². The van der Waals surface area contributed by atoms with Crippen molar-refractivity contribution < 1.29 is 28.9 Å². The summed E-state index contributed by atoms with van der Waals surface area (Å²) < 4.78 is 16.0. The number of aliphatic hydroxyl groups excluding tert-OH is 1. The van der Waals surface area contributed by atoms with Crippen LogP contribution in [0.4, 0.5) is 0 Å². The van der Waals surface area contributed by atoms with Crippen LogP contribution in [0.3, 0.4) is 0 Å². The van der Waals surface area contributed by atoms with Gasteiger partial charge in [-0.15, -0.1) is 0 Å². The van der Waals surface area contributed by atoms with Crippen molar-refractivity contribution in [2.75, 3.05) is 21.3 Å². The fourth-order valence-corrected chi connectivity index (χ4v) is 4.03. The minimum Gasteiger partial charge on any atom is -0.507 e. The van der Waals surface area contributed by atoms with Crippen molar-refractivity contribution in [1.82, 2.24) is 9.88 Å². The van der Waals surface area contributed by atoms with Crippen molar-refractivity contribution in [3.63, 3.8) is 0 Å². The van der Waals surface area contributed by atoms with E-state index in [2.05, 4.69) is 4.98 Å². The Balaban J connectivity index is 1.90. The number of rotatable bonds is 7. The molecule has 174 valence electrons. The van der Waals surface area contributed by atoms with Gasteiger partial charge < -0.3 is 24.2 Å². The quantitative estimate of drug-likeness (QED) is 0.326. The van der Waals surface area contributed by atoms with Gasteiger partial charge >= 0.3 is 0 Å². The van der Waals surface area contributed by atoms with Crippen molar-refractivity contribution >= 4 is 17.4 Å². The first-order chi connectivity index (χ1) is 16.5. The number of benzene rings is 2. The van der Waals surface area contributed by atoms with Gasteiger partial charge in [-0.25, -0.2) is 0 Å². The van der Waals surface area contributed by atoms with Crippen molar-refractivity contribution in [2.45, 2.75) is 12.6 Å². The predicted octanol–water partition coefficient (Wildman–Crippen LogP) is 3.73. The van der Waals surface area contributed by atoms with Crippen LogP contribution in [-0.2, 0) is 16.1 Å². The smallest absolute Gasteiger partial charge is 0.295 e. The third kappa shape index (κ3) is 4.17. The maximum absolute atomic E-state index is 13.2. The van der Waals surface area contributed by atoms with Crippen molar-refractivity contribution in [2.24, 2.45) is 0 Å². The Labute approximate surface area is 197 Å². The maximum atomic E-state index is 13.2. The van der Waals surface area contributed by atoms with Crippen LogP contribution in [-0.4, -0.2) is 48.0 Å². The standard InChI is InChI=1S/C26H24N2O6/c1-32-19-8-4-7-18(12-19)24(29)22-23(17-9-10-20(33-2)21(13-17)34-3)28(26(31)25(22)30)15-16-6-5-11-27-14-16/h4-14,23,29H,15H2,1-3H3/b24-22-. The Morgan fingerprint density at radius 2 is 1.76 bits per heavy atom. The zero-order valence-electron chi connectivity index (χ0n) is 19.0. The molecule has 1 aliphatic heterocycles. The fraction of sp³-hybridized carbons (Fsp3) is 0.192. The van der Waals surface area contributed by atoms with Crippen molar-refractivity contribution in [3.8, 4) is 17.2 Å². The summed E-state index contributed by atoms with van der Waals surface area (Å²) in [5.41, 5.74) is 1.68. The molecule has 8 heteroatoms. The number of hydrogen-bond acceptors (Lipinski definition) is 7. The highest BCUT2D eigenvalue weighted by molar-refractivity contribution is 6.46. The summed E-state index contributed by atoms with van der Waals surface area (Å²) in [5, 5.41) is 11.2. The minimum atomic E-state index is -0.855. The first kappa shape index (κ1) is 22.8. The van der Waals surface area contributed by atoms with E-state index in [-0.39, 0.29) is 17.9 Å². The highest BCUT2D eigenvalue weighted by Crippen LogP contribution is 2.42. The molecule has 0 saturated carbocycles. The van der Waals surface area contributed by atoms with E-state index in [1.54, 1.807) is 60.9 Å². The third-order valence-electron chi connectivity index (χ3n) is 5.68. The predicted molar refractivity (Wildman–Crippen MR) is 125 cm³/mol. The first-order valence-corrected chi connectivity index (χ1v) is 10.5. The van der Waals surface area contributed by atoms with Gasteiger partial charge in [-0.05, 0) is 41.5 Å². The number of carbonyl (C=O) groups excluding carboxylic acids is 2. The van der Waals surface area contributed by atoms with Crippen molar-refractivity contribution in [3.05, 3.63) is 89.3 Å². The van der Waals surface area contributed by atoms with Crippen molar-refractivity contribution in [1.29, 1.82) is 0 Å². The van der Waals surface area contributed by atoms with Crippen LogP contribution in [0.25, 0.3) is 5.76 Å². The summed E-state index contributed by atoms with van der Waals surface area (Å²) >= 11 is 0. The van der Waals surface area contributed by atoms with Gasteiger partial charge in [0, 0.05) is 24.5 Å². The highest BCUT2D eigenvalue weighted by atomic mass is 16.5.